The van der Waals surface area contributed by atoms with Crippen LogP contribution in [0, 0.1) is 0 Å². The van der Waals surface area contributed by atoms with Crippen molar-refractivity contribution < 1.29 is 9.59 Å². The molecule has 0 radical (unpaired) electrons. The first-order valence-corrected chi connectivity index (χ1v) is 11.4. The van der Waals surface area contributed by atoms with Gasteiger partial charge in [-0.15, -0.1) is 0 Å². The summed E-state index contributed by atoms with van der Waals surface area (Å²) in [6.07, 6.45) is 4.89. The highest BCUT2D eigenvalue weighted by Crippen LogP contribution is 2.29. The molecule has 1 aromatic heterocycles. The molecule has 1 aliphatic carbocycles. The maximum atomic E-state index is 13.4. The van der Waals surface area contributed by atoms with Crippen molar-refractivity contribution in [2.45, 2.75) is 77.9 Å². The van der Waals surface area contributed by atoms with Crippen molar-refractivity contribution in [3.05, 3.63) is 59.4 Å². The van der Waals surface area contributed by atoms with Crippen LogP contribution in [0.2, 0.25) is 0 Å². The highest BCUT2D eigenvalue weighted by molar-refractivity contribution is 5.96. The summed E-state index contributed by atoms with van der Waals surface area (Å²) < 4.78 is 2.05. The van der Waals surface area contributed by atoms with Gasteiger partial charge in [0.1, 0.15) is 6.54 Å². The summed E-state index contributed by atoms with van der Waals surface area (Å²) in [6, 6.07) is 12.2. The monoisotopic (exact) mass is 423 g/mol. The Bertz CT molecular complexity index is 903. The predicted molar refractivity (Wildman–Crippen MR) is 125 cm³/mol. The summed E-state index contributed by atoms with van der Waals surface area (Å²) in [5.74, 6) is -0.0403. The number of carbonyl (C=O) groups excluding carboxylic acids is 2. The van der Waals surface area contributed by atoms with Crippen LogP contribution in [-0.4, -0.2) is 44.8 Å². The van der Waals surface area contributed by atoms with E-state index in [2.05, 4.69) is 38.3 Å². The van der Waals surface area contributed by atoms with E-state index in [1.165, 1.54) is 5.56 Å². The Balaban J connectivity index is 1.77. The van der Waals surface area contributed by atoms with Gasteiger partial charge in [-0.3, -0.25) is 9.59 Å². The van der Waals surface area contributed by atoms with Crippen molar-refractivity contribution in [3.63, 3.8) is 0 Å². The normalized spacial score (nSPS) is 14.9. The SMILES string of the molecule is CCC(C)N(CC(=O)N(Cc1cccn1C)C1CC1)C(=O)c1ccc(C(C)(C)C)cc1. The summed E-state index contributed by atoms with van der Waals surface area (Å²) >= 11 is 0. The second kappa shape index (κ2) is 9.29. The molecule has 1 aromatic carbocycles. The van der Waals surface area contributed by atoms with E-state index in [0.717, 1.165) is 25.0 Å². The summed E-state index contributed by atoms with van der Waals surface area (Å²) in [5.41, 5.74) is 2.98. The Kier molecular flexibility index (Phi) is 6.93. The average Bonchev–Trinajstić information content (AvgIpc) is 3.50. The van der Waals surface area contributed by atoms with Crippen LogP contribution in [0.4, 0.5) is 0 Å². The van der Waals surface area contributed by atoms with Gasteiger partial charge in [-0.1, -0.05) is 39.8 Å². The summed E-state index contributed by atoms with van der Waals surface area (Å²) in [5, 5.41) is 0. The average molecular weight is 424 g/mol. The van der Waals surface area contributed by atoms with Gasteiger partial charge in [-0.05, 0) is 61.4 Å². The van der Waals surface area contributed by atoms with Gasteiger partial charge >= 0.3 is 0 Å². The van der Waals surface area contributed by atoms with Crippen LogP contribution in [0.15, 0.2) is 42.6 Å². The number of carbonyl (C=O) groups is 2. The van der Waals surface area contributed by atoms with E-state index in [1.54, 1.807) is 4.90 Å². The Morgan fingerprint density at radius 3 is 2.26 bits per heavy atom. The highest BCUT2D eigenvalue weighted by Gasteiger charge is 2.35. The van der Waals surface area contributed by atoms with E-state index in [9.17, 15) is 9.59 Å². The zero-order valence-corrected chi connectivity index (χ0v) is 19.9. The molecule has 0 saturated heterocycles. The van der Waals surface area contributed by atoms with Crippen molar-refractivity contribution in [1.29, 1.82) is 0 Å². The molecule has 0 spiro atoms. The fourth-order valence-corrected chi connectivity index (χ4v) is 3.81. The first kappa shape index (κ1) is 23.1. The number of hydrogen-bond acceptors (Lipinski definition) is 2. The third-order valence-corrected chi connectivity index (χ3v) is 6.38. The Morgan fingerprint density at radius 1 is 1.13 bits per heavy atom. The van der Waals surface area contributed by atoms with Crippen LogP contribution in [0.25, 0.3) is 0 Å². The molecule has 2 amide bonds. The third kappa shape index (κ3) is 5.57. The molecule has 2 aromatic rings. The van der Waals surface area contributed by atoms with Gasteiger partial charge in [-0.2, -0.15) is 0 Å². The van der Waals surface area contributed by atoms with E-state index in [-0.39, 0.29) is 29.8 Å². The van der Waals surface area contributed by atoms with Crippen molar-refractivity contribution in [1.82, 2.24) is 14.4 Å². The first-order valence-electron chi connectivity index (χ1n) is 11.4. The van der Waals surface area contributed by atoms with Crippen LogP contribution in [0.1, 0.15) is 75.5 Å². The quantitative estimate of drug-likeness (QED) is 0.615. The fraction of sp³-hybridized carbons (Fsp3) is 0.538. The van der Waals surface area contributed by atoms with Gasteiger partial charge < -0.3 is 14.4 Å². The smallest absolute Gasteiger partial charge is 0.254 e. The molecular formula is C26H37N3O2. The standard InChI is InChI=1S/C26H37N3O2/c1-7-19(2)28(25(31)20-10-12-21(13-11-20)26(3,4)5)18-24(30)29(22-14-15-22)17-23-9-8-16-27(23)6/h8-13,16,19,22H,7,14-15,17-18H2,1-6H3. The minimum Gasteiger partial charge on any atom is -0.353 e. The maximum absolute atomic E-state index is 13.4. The number of aryl methyl sites for hydroxylation is 1. The molecule has 1 atom stereocenters. The molecular weight excluding hydrogens is 386 g/mol. The van der Waals surface area contributed by atoms with Crippen LogP contribution in [0.3, 0.4) is 0 Å². The number of hydrogen-bond donors (Lipinski definition) is 0. The largest absolute Gasteiger partial charge is 0.353 e. The van der Waals surface area contributed by atoms with Gasteiger partial charge in [0, 0.05) is 36.6 Å². The van der Waals surface area contributed by atoms with Crippen molar-refractivity contribution >= 4 is 11.8 Å². The zero-order chi connectivity index (χ0) is 22.8. The van der Waals surface area contributed by atoms with Gasteiger partial charge in [0.25, 0.3) is 5.91 Å². The van der Waals surface area contributed by atoms with E-state index in [1.807, 2.05) is 55.4 Å². The lowest BCUT2D eigenvalue weighted by molar-refractivity contribution is -0.133. The summed E-state index contributed by atoms with van der Waals surface area (Å²) in [7, 11) is 2.00. The predicted octanol–water partition coefficient (Wildman–Crippen LogP) is 4.75. The van der Waals surface area contributed by atoms with Crippen molar-refractivity contribution in [2.24, 2.45) is 7.05 Å². The number of rotatable bonds is 8. The number of amides is 2. The molecule has 1 aliphatic rings. The zero-order valence-electron chi connectivity index (χ0n) is 19.9. The molecule has 3 rings (SSSR count). The van der Waals surface area contributed by atoms with Gasteiger partial charge in [-0.25, -0.2) is 0 Å². The molecule has 0 N–H and O–H groups in total. The number of nitrogens with zero attached hydrogens (tertiary/aromatic N) is 3. The van der Waals surface area contributed by atoms with E-state index in [4.69, 9.17) is 0 Å². The molecule has 5 nitrogen and oxygen atoms in total. The van der Waals surface area contributed by atoms with Crippen molar-refractivity contribution in [2.75, 3.05) is 6.54 Å². The molecule has 0 bridgehead atoms. The molecule has 1 heterocycles. The van der Waals surface area contributed by atoms with Crippen LogP contribution >= 0.6 is 0 Å². The van der Waals surface area contributed by atoms with Gasteiger partial charge in [0.2, 0.25) is 5.91 Å². The second-order valence-electron chi connectivity index (χ2n) is 9.88. The summed E-state index contributed by atoms with van der Waals surface area (Å²) in [6.45, 7) is 11.3. The van der Waals surface area contributed by atoms with Crippen molar-refractivity contribution in [3.8, 4) is 0 Å². The van der Waals surface area contributed by atoms with E-state index in [0.29, 0.717) is 18.2 Å². The van der Waals surface area contributed by atoms with E-state index < -0.39 is 0 Å². The van der Waals surface area contributed by atoms with Crippen LogP contribution in [0.5, 0.6) is 0 Å². The minimum atomic E-state index is -0.0715. The third-order valence-electron chi connectivity index (χ3n) is 6.38. The maximum Gasteiger partial charge on any atom is 0.254 e. The lowest BCUT2D eigenvalue weighted by Crippen LogP contribution is -2.47. The lowest BCUT2D eigenvalue weighted by Gasteiger charge is -2.31. The van der Waals surface area contributed by atoms with E-state index >= 15 is 0 Å². The number of benzene rings is 1. The second-order valence-corrected chi connectivity index (χ2v) is 9.88. The highest BCUT2D eigenvalue weighted by atomic mass is 16.2. The molecule has 1 unspecified atom stereocenters. The Morgan fingerprint density at radius 2 is 1.77 bits per heavy atom. The lowest BCUT2D eigenvalue weighted by atomic mass is 9.86. The molecule has 31 heavy (non-hydrogen) atoms. The molecule has 5 heteroatoms. The topological polar surface area (TPSA) is 45.6 Å². The number of aromatic nitrogens is 1. The fourth-order valence-electron chi connectivity index (χ4n) is 3.81. The van der Waals surface area contributed by atoms with Gasteiger partial charge in [0.15, 0.2) is 0 Å². The Hall–Kier alpha value is -2.56. The first-order chi connectivity index (χ1) is 14.6. The van der Waals surface area contributed by atoms with Gasteiger partial charge in [0.05, 0.1) is 6.54 Å². The summed E-state index contributed by atoms with van der Waals surface area (Å²) in [4.78, 5) is 30.4. The van der Waals surface area contributed by atoms with Crippen LogP contribution < -0.4 is 0 Å². The molecule has 0 aliphatic heterocycles. The minimum absolute atomic E-state index is 0.00479. The molecule has 1 saturated carbocycles. The van der Waals surface area contributed by atoms with Crippen LogP contribution in [-0.2, 0) is 23.8 Å². The molecule has 168 valence electrons. The Labute approximate surface area is 187 Å². The molecule has 1 fully saturated rings.